The highest BCUT2D eigenvalue weighted by Crippen LogP contribution is 2.22. The fourth-order valence-corrected chi connectivity index (χ4v) is 3.08. The normalized spacial score (nSPS) is 13.0. The average Bonchev–Trinajstić information content (AvgIpc) is 2.31. The zero-order chi connectivity index (χ0) is 14.7. The Morgan fingerprint density at radius 3 is 2.42 bits per heavy atom. The lowest BCUT2D eigenvalue weighted by molar-refractivity contribution is -0.142. The van der Waals surface area contributed by atoms with Gasteiger partial charge in [0.1, 0.15) is 5.25 Å². The predicted molar refractivity (Wildman–Crippen MR) is 76.8 cm³/mol. The van der Waals surface area contributed by atoms with Crippen LogP contribution in [0.1, 0.15) is 52.9 Å². The van der Waals surface area contributed by atoms with Gasteiger partial charge < -0.3 is 4.74 Å². The number of carbonyl (C=O) groups is 1. The molecule has 0 fully saturated rings. The maximum absolute atomic E-state index is 11.9. The maximum atomic E-state index is 11.9. The summed E-state index contributed by atoms with van der Waals surface area (Å²) in [5.74, 6) is 1.13. The van der Waals surface area contributed by atoms with Gasteiger partial charge in [0, 0.05) is 6.42 Å². The van der Waals surface area contributed by atoms with E-state index in [1.807, 2.05) is 0 Å². The van der Waals surface area contributed by atoms with Crippen LogP contribution in [0.5, 0.6) is 0 Å². The van der Waals surface area contributed by atoms with Crippen molar-refractivity contribution in [1.82, 2.24) is 0 Å². The second-order valence-electron chi connectivity index (χ2n) is 4.98. The highest BCUT2D eigenvalue weighted by Gasteiger charge is 2.21. The largest absolute Gasteiger partial charge is 0.465 e. The summed E-state index contributed by atoms with van der Waals surface area (Å²) in [5, 5.41) is -0.116. The molecule has 0 spiro atoms. The topological polar surface area (TPSA) is 26.3 Å². The van der Waals surface area contributed by atoms with Crippen LogP contribution < -0.4 is 0 Å². The van der Waals surface area contributed by atoms with E-state index in [2.05, 4.69) is 13.8 Å². The van der Waals surface area contributed by atoms with Crippen LogP contribution in [-0.2, 0) is 9.53 Å². The number of thioether (sulfide) groups is 1. The zero-order valence-electron chi connectivity index (χ0n) is 12.2. The van der Waals surface area contributed by atoms with Crippen molar-refractivity contribution in [1.29, 1.82) is 0 Å². The summed E-state index contributed by atoms with van der Waals surface area (Å²) in [6, 6.07) is 0. The summed E-state index contributed by atoms with van der Waals surface area (Å²) < 4.78 is 28.9. The van der Waals surface area contributed by atoms with Gasteiger partial charge in [-0.2, -0.15) is 0 Å². The van der Waals surface area contributed by atoms with Crippen molar-refractivity contribution in [3.8, 4) is 0 Å². The minimum absolute atomic E-state index is 0.0159. The lowest BCUT2D eigenvalue weighted by Crippen LogP contribution is -2.22. The third kappa shape index (κ3) is 11.2. The van der Waals surface area contributed by atoms with E-state index in [-0.39, 0.29) is 17.6 Å². The zero-order valence-corrected chi connectivity index (χ0v) is 13.0. The number of esters is 1. The number of carbonyl (C=O) groups excluding carboxylic acids is 1. The molecule has 0 radical (unpaired) electrons. The van der Waals surface area contributed by atoms with Crippen molar-refractivity contribution in [2.24, 2.45) is 5.92 Å². The van der Waals surface area contributed by atoms with Crippen molar-refractivity contribution in [2.45, 2.75) is 64.6 Å². The minimum atomic E-state index is -2.19. The highest BCUT2D eigenvalue weighted by molar-refractivity contribution is 8.00. The summed E-state index contributed by atoms with van der Waals surface area (Å²) >= 11 is 1.59. The molecule has 0 aromatic carbocycles. The molecule has 1 atom stereocenters. The average molecular weight is 296 g/mol. The molecule has 0 aromatic rings. The number of alkyl halides is 2. The Balaban J connectivity index is 3.83. The van der Waals surface area contributed by atoms with Crippen LogP contribution in [-0.4, -0.2) is 30.0 Å². The molecule has 114 valence electrons. The molecular weight excluding hydrogens is 270 g/mol. The number of ether oxygens (including phenoxy) is 1. The fraction of sp³-hybridized carbons (Fsp3) is 0.929. The van der Waals surface area contributed by atoms with Crippen LogP contribution in [0.3, 0.4) is 0 Å². The van der Waals surface area contributed by atoms with Gasteiger partial charge in [0.15, 0.2) is 0 Å². The molecule has 0 aromatic heterocycles. The summed E-state index contributed by atoms with van der Waals surface area (Å²) in [6.07, 6.45) is 0.839. The van der Waals surface area contributed by atoms with Crippen molar-refractivity contribution < 1.29 is 18.3 Å². The molecule has 0 heterocycles. The third-order valence-corrected chi connectivity index (χ3v) is 3.93. The Bertz CT molecular complexity index is 235. The molecule has 0 aliphatic rings. The number of hydrogen-bond acceptors (Lipinski definition) is 3. The first-order valence-corrected chi connectivity index (χ1v) is 8.08. The highest BCUT2D eigenvalue weighted by atomic mass is 32.2. The molecule has 0 amide bonds. The molecular formula is C14H26F2O2S. The number of hydrogen-bond donors (Lipinski definition) is 0. The van der Waals surface area contributed by atoms with Crippen LogP contribution in [0.15, 0.2) is 0 Å². The van der Waals surface area contributed by atoms with E-state index in [1.54, 1.807) is 18.7 Å². The van der Waals surface area contributed by atoms with Gasteiger partial charge >= 0.3 is 5.97 Å². The van der Waals surface area contributed by atoms with Crippen LogP contribution in [0.25, 0.3) is 0 Å². The molecule has 1 unspecified atom stereocenters. The predicted octanol–water partition coefficient (Wildman–Crippen LogP) is 4.52. The summed E-state index contributed by atoms with van der Waals surface area (Å²) in [7, 11) is 0. The van der Waals surface area contributed by atoms with Gasteiger partial charge in [-0.25, -0.2) is 8.78 Å². The number of unbranched alkanes of at least 4 members (excludes halogenated alkanes) is 2. The van der Waals surface area contributed by atoms with Gasteiger partial charge in [-0.15, -0.1) is 11.8 Å². The first-order chi connectivity index (χ1) is 8.97. The summed E-state index contributed by atoms with van der Waals surface area (Å²) in [6.45, 7) is 6.37. The second-order valence-corrected chi connectivity index (χ2v) is 6.29. The Labute approximate surface area is 119 Å². The monoisotopic (exact) mass is 296 g/mol. The maximum Gasteiger partial charge on any atom is 0.319 e. The summed E-state index contributed by atoms with van der Waals surface area (Å²) in [5.41, 5.74) is 0. The van der Waals surface area contributed by atoms with Crippen molar-refractivity contribution in [2.75, 3.05) is 12.4 Å². The molecule has 0 N–H and O–H groups in total. The van der Waals surface area contributed by atoms with Crippen LogP contribution in [0.4, 0.5) is 8.78 Å². The number of rotatable bonds is 11. The van der Waals surface area contributed by atoms with E-state index >= 15 is 0 Å². The third-order valence-electron chi connectivity index (χ3n) is 2.62. The van der Waals surface area contributed by atoms with Gasteiger partial charge in [-0.05, 0) is 37.9 Å². The van der Waals surface area contributed by atoms with E-state index in [1.165, 1.54) is 0 Å². The lowest BCUT2D eigenvalue weighted by Gasteiger charge is -2.17. The Kier molecular flexibility index (Phi) is 11.3. The van der Waals surface area contributed by atoms with Crippen LogP contribution >= 0.6 is 11.8 Å². The molecule has 0 saturated heterocycles. The molecule has 0 bridgehead atoms. The van der Waals surface area contributed by atoms with E-state index in [0.29, 0.717) is 18.9 Å². The Hall–Kier alpha value is -0.320. The van der Waals surface area contributed by atoms with E-state index in [0.717, 1.165) is 25.0 Å². The van der Waals surface area contributed by atoms with Gasteiger partial charge in [-0.1, -0.05) is 20.3 Å². The van der Waals surface area contributed by atoms with E-state index < -0.39 is 6.43 Å². The van der Waals surface area contributed by atoms with Gasteiger partial charge in [0.2, 0.25) is 6.43 Å². The Morgan fingerprint density at radius 2 is 1.89 bits per heavy atom. The molecule has 19 heavy (non-hydrogen) atoms. The van der Waals surface area contributed by atoms with Crippen molar-refractivity contribution in [3.05, 3.63) is 0 Å². The molecule has 0 aliphatic heterocycles. The molecule has 0 aliphatic carbocycles. The fourth-order valence-electron chi connectivity index (χ4n) is 1.70. The second kappa shape index (κ2) is 11.5. The lowest BCUT2D eigenvalue weighted by atomic mass is 10.1. The number of halogens is 2. The van der Waals surface area contributed by atoms with Crippen molar-refractivity contribution >= 4 is 17.7 Å². The van der Waals surface area contributed by atoms with Crippen molar-refractivity contribution in [3.63, 3.8) is 0 Å². The SMILES string of the molecule is CCOC(=O)C(CC(C)C)SCCCCCC(F)F. The first kappa shape index (κ1) is 18.7. The standard InChI is InChI=1S/C14H26F2O2S/c1-4-18-14(17)12(10-11(2)3)19-9-7-5-6-8-13(15)16/h11-13H,4-10H2,1-3H3. The van der Waals surface area contributed by atoms with Crippen LogP contribution in [0.2, 0.25) is 0 Å². The van der Waals surface area contributed by atoms with Crippen LogP contribution in [0, 0.1) is 5.92 Å². The molecule has 0 rings (SSSR count). The smallest absolute Gasteiger partial charge is 0.319 e. The first-order valence-electron chi connectivity index (χ1n) is 7.03. The van der Waals surface area contributed by atoms with E-state index in [4.69, 9.17) is 4.74 Å². The molecule has 2 nitrogen and oxygen atoms in total. The van der Waals surface area contributed by atoms with Gasteiger partial charge in [-0.3, -0.25) is 4.79 Å². The minimum Gasteiger partial charge on any atom is -0.465 e. The summed E-state index contributed by atoms with van der Waals surface area (Å²) in [4.78, 5) is 11.7. The molecule has 5 heteroatoms. The quantitative estimate of drug-likeness (QED) is 0.414. The van der Waals surface area contributed by atoms with E-state index in [9.17, 15) is 13.6 Å². The van der Waals surface area contributed by atoms with Gasteiger partial charge in [0.25, 0.3) is 0 Å². The molecule has 0 saturated carbocycles. The van der Waals surface area contributed by atoms with Gasteiger partial charge in [0.05, 0.1) is 6.61 Å². The Morgan fingerprint density at radius 1 is 1.21 bits per heavy atom.